The van der Waals surface area contributed by atoms with Gasteiger partial charge >= 0.3 is 5.63 Å². The van der Waals surface area contributed by atoms with Gasteiger partial charge < -0.3 is 4.42 Å². The Balaban J connectivity index is 2.12. The Morgan fingerprint density at radius 2 is 1.96 bits per heavy atom. The SMILES string of the molecule is Cc1cccc(-n2nc3c(c2C)c(=O)oc2ccc([N+](=O)[O-])cc23)c1. The second kappa shape index (κ2) is 5.27. The minimum Gasteiger partial charge on any atom is -0.422 e. The molecule has 0 saturated carbocycles. The number of hydrogen-bond acceptors (Lipinski definition) is 5. The Kier molecular flexibility index (Phi) is 3.18. The lowest BCUT2D eigenvalue weighted by Gasteiger charge is -2.04. The Hall–Kier alpha value is -3.48. The average Bonchev–Trinajstić information content (AvgIpc) is 2.93. The minimum atomic E-state index is -0.507. The maximum atomic E-state index is 12.4. The highest BCUT2D eigenvalue weighted by Gasteiger charge is 2.19. The first-order valence-corrected chi connectivity index (χ1v) is 7.63. The average molecular weight is 335 g/mol. The molecule has 2 aromatic heterocycles. The lowest BCUT2D eigenvalue weighted by atomic mass is 10.1. The second-order valence-corrected chi connectivity index (χ2v) is 5.89. The molecule has 0 aliphatic heterocycles. The van der Waals surface area contributed by atoms with Crippen molar-refractivity contribution in [1.29, 1.82) is 0 Å². The molecule has 4 aromatic rings. The van der Waals surface area contributed by atoms with Gasteiger partial charge in [-0.2, -0.15) is 5.10 Å². The lowest BCUT2D eigenvalue weighted by Crippen LogP contribution is -2.02. The van der Waals surface area contributed by atoms with E-state index in [9.17, 15) is 14.9 Å². The molecule has 0 fully saturated rings. The van der Waals surface area contributed by atoms with Crippen molar-refractivity contribution < 1.29 is 9.34 Å². The van der Waals surface area contributed by atoms with Gasteiger partial charge in [-0.15, -0.1) is 0 Å². The van der Waals surface area contributed by atoms with E-state index >= 15 is 0 Å². The molecule has 0 radical (unpaired) electrons. The van der Waals surface area contributed by atoms with Crippen LogP contribution in [0.3, 0.4) is 0 Å². The van der Waals surface area contributed by atoms with Crippen molar-refractivity contribution in [3.05, 3.63) is 74.3 Å². The van der Waals surface area contributed by atoms with Gasteiger partial charge in [0, 0.05) is 12.1 Å². The van der Waals surface area contributed by atoms with E-state index in [4.69, 9.17) is 4.42 Å². The van der Waals surface area contributed by atoms with Crippen LogP contribution < -0.4 is 5.63 Å². The fraction of sp³-hybridized carbons (Fsp3) is 0.111. The maximum Gasteiger partial charge on any atom is 0.347 e. The molecule has 0 aliphatic rings. The van der Waals surface area contributed by atoms with E-state index < -0.39 is 10.5 Å². The van der Waals surface area contributed by atoms with Crippen molar-refractivity contribution in [1.82, 2.24) is 9.78 Å². The van der Waals surface area contributed by atoms with E-state index in [0.717, 1.165) is 11.3 Å². The van der Waals surface area contributed by atoms with E-state index in [2.05, 4.69) is 5.10 Å². The number of nitrogens with zero attached hydrogens (tertiary/aromatic N) is 3. The number of fused-ring (bicyclic) bond motifs is 3. The van der Waals surface area contributed by atoms with Gasteiger partial charge in [0.1, 0.15) is 16.5 Å². The van der Waals surface area contributed by atoms with Crippen LogP contribution >= 0.6 is 0 Å². The van der Waals surface area contributed by atoms with Crippen molar-refractivity contribution in [3.8, 4) is 5.69 Å². The van der Waals surface area contributed by atoms with E-state index in [1.54, 1.807) is 11.6 Å². The zero-order valence-electron chi connectivity index (χ0n) is 13.5. The number of non-ortho nitro benzene ring substituents is 1. The van der Waals surface area contributed by atoms with E-state index in [1.807, 2.05) is 31.2 Å². The van der Waals surface area contributed by atoms with Gasteiger partial charge in [0.05, 0.1) is 21.7 Å². The van der Waals surface area contributed by atoms with Crippen molar-refractivity contribution in [2.45, 2.75) is 13.8 Å². The van der Waals surface area contributed by atoms with Crippen LogP contribution in [0.4, 0.5) is 5.69 Å². The molecule has 2 heterocycles. The molecule has 25 heavy (non-hydrogen) atoms. The summed E-state index contributed by atoms with van der Waals surface area (Å²) >= 11 is 0. The number of hydrogen-bond donors (Lipinski definition) is 0. The molecule has 0 unspecified atom stereocenters. The molecule has 0 atom stereocenters. The number of nitro groups is 1. The quantitative estimate of drug-likeness (QED) is 0.317. The number of aromatic nitrogens is 2. The summed E-state index contributed by atoms with van der Waals surface area (Å²) in [4.78, 5) is 23.0. The lowest BCUT2D eigenvalue weighted by molar-refractivity contribution is -0.384. The van der Waals surface area contributed by atoms with E-state index in [1.165, 1.54) is 18.2 Å². The molecule has 2 aromatic carbocycles. The van der Waals surface area contributed by atoms with Gasteiger partial charge in [-0.05, 0) is 37.6 Å². The van der Waals surface area contributed by atoms with Crippen LogP contribution in [0.2, 0.25) is 0 Å². The monoisotopic (exact) mass is 335 g/mol. The number of nitro benzene ring substituents is 1. The third kappa shape index (κ3) is 2.28. The Morgan fingerprint density at radius 1 is 1.16 bits per heavy atom. The molecule has 0 bridgehead atoms. The molecule has 0 N–H and O–H groups in total. The summed E-state index contributed by atoms with van der Waals surface area (Å²) in [5, 5.41) is 16.4. The summed E-state index contributed by atoms with van der Waals surface area (Å²) in [5.41, 5.74) is 2.59. The van der Waals surface area contributed by atoms with Gasteiger partial charge in [-0.1, -0.05) is 12.1 Å². The van der Waals surface area contributed by atoms with Crippen LogP contribution in [0, 0.1) is 24.0 Å². The first-order chi connectivity index (χ1) is 12.0. The smallest absolute Gasteiger partial charge is 0.347 e. The van der Waals surface area contributed by atoms with Gasteiger partial charge in [-0.25, -0.2) is 9.48 Å². The van der Waals surface area contributed by atoms with Gasteiger partial charge in [0.25, 0.3) is 5.69 Å². The second-order valence-electron chi connectivity index (χ2n) is 5.89. The minimum absolute atomic E-state index is 0.0783. The van der Waals surface area contributed by atoms with Crippen LogP contribution in [-0.2, 0) is 0 Å². The zero-order valence-corrected chi connectivity index (χ0v) is 13.5. The van der Waals surface area contributed by atoms with Crippen LogP contribution in [0.1, 0.15) is 11.3 Å². The molecule has 0 aliphatic carbocycles. The summed E-state index contributed by atoms with van der Waals surface area (Å²) in [6.07, 6.45) is 0. The highest BCUT2D eigenvalue weighted by molar-refractivity contribution is 6.03. The maximum absolute atomic E-state index is 12.4. The van der Waals surface area contributed by atoms with Crippen LogP contribution in [0.25, 0.3) is 27.6 Å². The topological polar surface area (TPSA) is 91.2 Å². The van der Waals surface area contributed by atoms with Gasteiger partial charge in [-0.3, -0.25) is 10.1 Å². The predicted octanol–water partition coefficient (Wildman–Crippen LogP) is 3.66. The predicted molar refractivity (Wildman–Crippen MR) is 93.2 cm³/mol. The fourth-order valence-electron chi connectivity index (χ4n) is 3.00. The molecule has 7 nitrogen and oxygen atoms in total. The largest absolute Gasteiger partial charge is 0.422 e. The molecule has 0 spiro atoms. The highest BCUT2D eigenvalue weighted by atomic mass is 16.6. The highest BCUT2D eigenvalue weighted by Crippen LogP contribution is 2.28. The first-order valence-electron chi connectivity index (χ1n) is 7.63. The molecule has 124 valence electrons. The van der Waals surface area contributed by atoms with Gasteiger partial charge in [0.2, 0.25) is 0 Å². The summed E-state index contributed by atoms with van der Waals surface area (Å²) in [5.74, 6) is 0. The Bertz CT molecular complexity index is 1220. The van der Waals surface area contributed by atoms with Crippen LogP contribution in [0.5, 0.6) is 0 Å². The molecule has 4 rings (SSSR count). The number of benzene rings is 2. The Labute approximate surface area is 141 Å². The third-order valence-corrected chi connectivity index (χ3v) is 4.20. The number of aryl methyl sites for hydroxylation is 2. The summed E-state index contributed by atoms with van der Waals surface area (Å²) in [6.45, 7) is 3.74. The Morgan fingerprint density at radius 3 is 2.68 bits per heavy atom. The summed E-state index contributed by atoms with van der Waals surface area (Å²) in [6, 6.07) is 11.8. The van der Waals surface area contributed by atoms with E-state index in [0.29, 0.717) is 22.0 Å². The molecular weight excluding hydrogens is 322 g/mol. The molecule has 0 saturated heterocycles. The van der Waals surface area contributed by atoms with Crippen molar-refractivity contribution >= 4 is 27.6 Å². The molecular formula is C18H13N3O4. The molecule has 7 heteroatoms. The van der Waals surface area contributed by atoms with Crippen molar-refractivity contribution in [3.63, 3.8) is 0 Å². The van der Waals surface area contributed by atoms with Crippen molar-refractivity contribution in [2.75, 3.05) is 0 Å². The standard InChI is InChI=1S/C18H13N3O4/c1-10-4-3-5-12(8-10)20-11(2)16-17(19-20)14-9-13(21(23)24)6-7-15(14)25-18(16)22/h3-9H,1-2H3. The van der Waals surface area contributed by atoms with Crippen molar-refractivity contribution in [2.24, 2.45) is 0 Å². The van der Waals surface area contributed by atoms with Gasteiger partial charge in [0.15, 0.2) is 0 Å². The zero-order chi connectivity index (χ0) is 17.7. The third-order valence-electron chi connectivity index (χ3n) is 4.20. The van der Waals surface area contributed by atoms with Crippen LogP contribution in [-0.4, -0.2) is 14.7 Å². The summed E-state index contributed by atoms with van der Waals surface area (Å²) in [7, 11) is 0. The first kappa shape index (κ1) is 15.1. The fourth-order valence-corrected chi connectivity index (χ4v) is 3.00. The van der Waals surface area contributed by atoms with E-state index in [-0.39, 0.29) is 11.3 Å². The van der Waals surface area contributed by atoms with Crippen LogP contribution in [0.15, 0.2) is 51.7 Å². The number of rotatable bonds is 2. The summed E-state index contributed by atoms with van der Waals surface area (Å²) < 4.78 is 6.99. The normalized spacial score (nSPS) is 11.3. The molecule has 0 amide bonds.